The molecular formula is C14H18BrN3O4. The molecule has 0 spiro atoms. The summed E-state index contributed by atoms with van der Waals surface area (Å²) < 4.78 is 10.6. The number of pyridine rings is 1. The number of carbonyl (C=O) groups is 2. The Bertz CT molecular complexity index is 515. The van der Waals surface area contributed by atoms with Crippen LogP contribution < -0.4 is 4.90 Å². The molecule has 1 aromatic heterocycles. The predicted molar refractivity (Wildman–Crippen MR) is 83.7 cm³/mol. The zero-order valence-corrected chi connectivity index (χ0v) is 13.9. The first-order valence-electron chi connectivity index (χ1n) is 7.04. The number of piperazine rings is 1. The highest BCUT2D eigenvalue weighted by Crippen LogP contribution is 2.16. The molecule has 1 aliphatic rings. The van der Waals surface area contributed by atoms with Crippen molar-refractivity contribution in [2.24, 2.45) is 0 Å². The van der Waals surface area contributed by atoms with E-state index >= 15 is 0 Å². The molecule has 0 unspecified atom stereocenters. The minimum atomic E-state index is -0.534. The lowest BCUT2D eigenvalue weighted by Crippen LogP contribution is -2.49. The van der Waals surface area contributed by atoms with Crippen molar-refractivity contribution < 1.29 is 19.1 Å². The smallest absolute Gasteiger partial charge is 0.410 e. The van der Waals surface area contributed by atoms with Crippen molar-refractivity contribution in [1.82, 2.24) is 9.88 Å². The predicted octanol–water partition coefficient (Wildman–Crippen LogP) is 1.67. The Kier molecular flexibility index (Phi) is 6.00. The van der Waals surface area contributed by atoms with E-state index in [2.05, 4.69) is 25.8 Å². The Morgan fingerprint density at radius 1 is 1.23 bits per heavy atom. The third kappa shape index (κ3) is 4.59. The number of ether oxygens (including phenoxy) is 2. The number of esters is 1. The fraction of sp³-hybridized carbons (Fsp3) is 0.500. The van der Waals surface area contributed by atoms with Crippen LogP contribution in [0.5, 0.6) is 0 Å². The molecule has 7 nitrogen and oxygen atoms in total. The lowest BCUT2D eigenvalue weighted by molar-refractivity contribution is -0.146. The van der Waals surface area contributed by atoms with Crippen molar-refractivity contribution in [3.05, 3.63) is 22.8 Å². The normalized spacial score (nSPS) is 14.6. The van der Waals surface area contributed by atoms with E-state index in [-0.39, 0.29) is 13.2 Å². The quantitative estimate of drug-likeness (QED) is 0.749. The molecule has 1 saturated heterocycles. The number of hydrogen-bond donors (Lipinski definition) is 0. The molecule has 1 aromatic rings. The SMILES string of the molecule is CCOC(=O)COC(=O)N1CCN(c2ccc(Br)cn2)CC1. The summed E-state index contributed by atoms with van der Waals surface area (Å²) >= 11 is 3.35. The van der Waals surface area contributed by atoms with Gasteiger partial charge in [-0.25, -0.2) is 14.6 Å². The standard InChI is InChI=1S/C14H18BrN3O4/c1-2-21-13(19)10-22-14(20)18-7-5-17(6-8-18)12-4-3-11(15)9-16-12/h3-4,9H,2,5-8,10H2,1H3. The second kappa shape index (κ2) is 7.98. The Morgan fingerprint density at radius 3 is 2.55 bits per heavy atom. The van der Waals surface area contributed by atoms with Crippen LogP contribution in [0.25, 0.3) is 0 Å². The molecule has 8 heteroatoms. The van der Waals surface area contributed by atoms with Crippen LogP contribution in [0.4, 0.5) is 10.6 Å². The number of hydrogen-bond acceptors (Lipinski definition) is 6. The lowest BCUT2D eigenvalue weighted by atomic mass is 10.3. The van der Waals surface area contributed by atoms with Crippen LogP contribution in [0.1, 0.15) is 6.92 Å². The van der Waals surface area contributed by atoms with E-state index in [9.17, 15) is 9.59 Å². The highest BCUT2D eigenvalue weighted by atomic mass is 79.9. The topological polar surface area (TPSA) is 72.0 Å². The van der Waals surface area contributed by atoms with Crippen molar-refractivity contribution in [3.8, 4) is 0 Å². The van der Waals surface area contributed by atoms with Crippen molar-refractivity contribution in [2.45, 2.75) is 6.92 Å². The van der Waals surface area contributed by atoms with Crippen molar-refractivity contribution in [1.29, 1.82) is 0 Å². The average Bonchev–Trinajstić information content (AvgIpc) is 2.54. The molecule has 2 heterocycles. The molecule has 0 aliphatic carbocycles. The molecule has 0 N–H and O–H groups in total. The van der Waals surface area contributed by atoms with E-state index in [0.717, 1.165) is 10.3 Å². The molecular weight excluding hydrogens is 354 g/mol. The van der Waals surface area contributed by atoms with Gasteiger partial charge in [-0.3, -0.25) is 0 Å². The maximum Gasteiger partial charge on any atom is 0.410 e. The molecule has 0 bridgehead atoms. The molecule has 120 valence electrons. The van der Waals surface area contributed by atoms with Gasteiger partial charge in [0.15, 0.2) is 6.61 Å². The van der Waals surface area contributed by atoms with Gasteiger partial charge < -0.3 is 19.3 Å². The van der Waals surface area contributed by atoms with Crippen molar-refractivity contribution >= 4 is 33.8 Å². The largest absolute Gasteiger partial charge is 0.463 e. The molecule has 0 saturated carbocycles. The van der Waals surface area contributed by atoms with Crippen LogP contribution >= 0.6 is 15.9 Å². The fourth-order valence-electron chi connectivity index (χ4n) is 2.09. The summed E-state index contributed by atoms with van der Waals surface area (Å²) in [5.41, 5.74) is 0. The van der Waals surface area contributed by atoms with E-state index < -0.39 is 12.1 Å². The number of aromatic nitrogens is 1. The first-order chi connectivity index (χ1) is 10.6. The van der Waals surface area contributed by atoms with Gasteiger partial charge in [0.25, 0.3) is 0 Å². The second-order valence-corrected chi connectivity index (χ2v) is 5.58. The summed E-state index contributed by atoms with van der Waals surface area (Å²) in [6, 6.07) is 3.86. The Hall–Kier alpha value is -1.83. The van der Waals surface area contributed by atoms with Crippen LogP contribution in [0, 0.1) is 0 Å². The zero-order valence-electron chi connectivity index (χ0n) is 12.3. The molecule has 1 amide bonds. The maximum absolute atomic E-state index is 11.9. The van der Waals surface area contributed by atoms with E-state index in [1.54, 1.807) is 18.0 Å². The van der Waals surface area contributed by atoms with Crippen molar-refractivity contribution in [3.63, 3.8) is 0 Å². The lowest BCUT2D eigenvalue weighted by Gasteiger charge is -2.34. The Labute approximate surface area is 137 Å². The van der Waals surface area contributed by atoms with Crippen LogP contribution in [0.3, 0.4) is 0 Å². The van der Waals surface area contributed by atoms with Gasteiger partial charge in [-0.1, -0.05) is 0 Å². The number of nitrogens with zero attached hydrogens (tertiary/aromatic N) is 3. The highest BCUT2D eigenvalue weighted by Gasteiger charge is 2.23. The fourth-order valence-corrected chi connectivity index (χ4v) is 2.32. The van der Waals surface area contributed by atoms with Gasteiger partial charge in [0, 0.05) is 36.8 Å². The first-order valence-corrected chi connectivity index (χ1v) is 7.83. The minimum Gasteiger partial charge on any atom is -0.463 e. The molecule has 1 aliphatic heterocycles. The van der Waals surface area contributed by atoms with E-state index in [4.69, 9.17) is 9.47 Å². The number of carbonyl (C=O) groups excluding carboxylic acids is 2. The second-order valence-electron chi connectivity index (χ2n) is 4.67. The van der Waals surface area contributed by atoms with Crippen LogP contribution in [0.15, 0.2) is 22.8 Å². The van der Waals surface area contributed by atoms with Crippen LogP contribution in [-0.4, -0.2) is 61.3 Å². The summed E-state index contributed by atoms with van der Waals surface area (Å²) in [5, 5.41) is 0. The molecule has 22 heavy (non-hydrogen) atoms. The molecule has 2 rings (SSSR count). The maximum atomic E-state index is 11.9. The van der Waals surface area contributed by atoms with Crippen molar-refractivity contribution in [2.75, 3.05) is 44.3 Å². The Morgan fingerprint density at radius 2 is 1.95 bits per heavy atom. The number of halogens is 1. The van der Waals surface area contributed by atoms with E-state index in [0.29, 0.717) is 26.2 Å². The zero-order chi connectivity index (χ0) is 15.9. The van der Waals surface area contributed by atoms with Gasteiger partial charge in [-0.2, -0.15) is 0 Å². The molecule has 0 radical (unpaired) electrons. The third-order valence-electron chi connectivity index (χ3n) is 3.19. The highest BCUT2D eigenvalue weighted by molar-refractivity contribution is 9.10. The number of amides is 1. The van der Waals surface area contributed by atoms with E-state index in [1.807, 2.05) is 12.1 Å². The van der Waals surface area contributed by atoms with Gasteiger partial charge in [0.1, 0.15) is 5.82 Å². The van der Waals surface area contributed by atoms with Gasteiger partial charge in [0.05, 0.1) is 6.61 Å². The molecule has 0 atom stereocenters. The summed E-state index contributed by atoms with van der Waals surface area (Å²) in [4.78, 5) is 31.0. The Balaban J connectivity index is 1.78. The van der Waals surface area contributed by atoms with E-state index in [1.165, 1.54) is 0 Å². The average molecular weight is 372 g/mol. The summed E-state index contributed by atoms with van der Waals surface area (Å²) in [6.07, 6.45) is 1.26. The van der Waals surface area contributed by atoms with Gasteiger partial charge in [-0.15, -0.1) is 0 Å². The van der Waals surface area contributed by atoms with Crippen LogP contribution in [0.2, 0.25) is 0 Å². The summed E-state index contributed by atoms with van der Waals surface area (Å²) in [7, 11) is 0. The van der Waals surface area contributed by atoms with Gasteiger partial charge >= 0.3 is 12.1 Å². The number of rotatable bonds is 4. The van der Waals surface area contributed by atoms with Crippen LogP contribution in [-0.2, 0) is 14.3 Å². The van der Waals surface area contributed by atoms with Gasteiger partial charge in [-0.05, 0) is 35.0 Å². The third-order valence-corrected chi connectivity index (χ3v) is 3.66. The first kappa shape index (κ1) is 16.5. The monoisotopic (exact) mass is 371 g/mol. The van der Waals surface area contributed by atoms with Gasteiger partial charge in [0.2, 0.25) is 0 Å². The molecule has 0 aromatic carbocycles. The summed E-state index contributed by atoms with van der Waals surface area (Å²) in [6.45, 7) is 4.02. The summed E-state index contributed by atoms with van der Waals surface area (Å²) in [5.74, 6) is 0.344. The molecule has 1 fully saturated rings. The number of anilines is 1. The minimum absolute atomic E-state index is 0.273.